The molecular formula is C17H22ClN5OS. The molecule has 1 fully saturated rings. The molecule has 1 aromatic heterocycles. The Morgan fingerprint density at radius 1 is 1.24 bits per heavy atom. The normalized spacial score (nSPS) is 20.7. The van der Waals surface area contributed by atoms with Gasteiger partial charge in [-0.15, -0.1) is 10.2 Å². The molecule has 1 aliphatic heterocycles. The van der Waals surface area contributed by atoms with Crippen molar-refractivity contribution in [2.24, 2.45) is 11.8 Å². The van der Waals surface area contributed by atoms with E-state index in [1.54, 1.807) is 12.1 Å². The fraction of sp³-hybridized carbons (Fsp3) is 0.471. The van der Waals surface area contributed by atoms with Crippen LogP contribution in [0, 0.1) is 11.8 Å². The number of amides is 1. The van der Waals surface area contributed by atoms with Crippen LogP contribution in [0.2, 0.25) is 5.02 Å². The van der Waals surface area contributed by atoms with E-state index in [1.807, 2.05) is 17.0 Å². The highest BCUT2D eigenvalue weighted by Crippen LogP contribution is 2.25. The van der Waals surface area contributed by atoms with E-state index in [4.69, 9.17) is 17.4 Å². The molecule has 2 aromatic rings. The summed E-state index contributed by atoms with van der Waals surface area (Å²) < 4.78 is 1.42. The highest BCUT2D eigenvalue weighted by atomic mass is 35.5. The number of aromatic nitrogens is 3. The second-order valence-corrected chi connectivity index (χ2v) is 8.10. The zero-order valence-corrected chi connectivity index (χ0v) is 15.9. The summed E-state index contributed by atoms with van der Waals surface area (Å²) in [4.78, 5) is 14.4. The first-order valence-corrected chi connectivity index (χ1v) is 9.67. The van der Waals surface area contributed by atoms with Gasteiger partial charge in [0.25, 0.3) is 0 Å². The first-order valence-electron chi connectivity index (χ1n) is 8.31. The third kappa shape index (κ3) is 4.27. The van der Waals surface area contributed by atoms with Crippen LogP contribution in [-0.4, -0.2) is 44.5 Å². The van der Waals surface area contributed by atoms with Crippen LogP contribution in [0.4, 0.5) is 0 Å². The van der Waals surface area contributed by atoms with Crippen LogP contribution in [0.25, 0.3) is 11.4 Å². The van der Waals surface area contributed by atoms with Crippen LogP contribution in [0.1, 0.15) is 20.3 Å². The van der Waals surface area contributed by atoms with Crippen molar-refractivity contribution in [1.29, 1.82) is 0 Å². The van der Waals surface area contributed by atoms with Gasteiger partial charge in [-0.2, -0.15) is 0 Å². The lowest BCUT2D eigenvalue weighted by Gasteiger charge is -2.34. The standard InChI is InChI=1S/C17H22ClN5OS/c1-11-7-12(2)9-22(8-11)15(24)10-25-17-21-20-16(23(17)19)13-3-5-14(18)6-4-13/h3-6,11-12H,7-10,19H2,1-2H3/t11-,12+. The minimum absolute atomic E-state index is 0.124. The van der Waals surface area contributed by atoms with Gasteiger partial charge in [0.05, 0.1) is 5.75 Å². The van der Waals surface area contributed by atoms with Crippen molar-refractivity contribution < 1.29 is 4.79 Å². The van der Waals surface area contributed by atoms with E-state index in [-0.39, 0.29) is 5.91 Å². The molecular weight excluding hydrogens is 358 g/mol. The Morgan fingerprint density at radius 2 is 1.88 bits per heavy atom. The fourth-order valence-corrected chi connectivity index (χ4v) is 4.14. The SMILES string of the molecule is C[C@@H]1C[C@H](C)CN(C(=O)CSc2nnc(-c3ccc(Cl)cc3)n2N)C1. The molecule has 2 N–H and O–H groups in total. The van der Waals surface area contributed by atoms with Gasteiger partial charge in [0.1, 0.15) is 0 Å². The molecule has 0 aliphatic carbocycles. The summed E-state index contributed by atoms with van der Waals surface area (Å²) in [7, 11) is 0. The number of nitrogens with two attached hydrogens (primary N) is 1. The van der Waals surface area contributed by atoms with E-state index in [0.29, 0.717) is 33.6 Å². The lowest BCUT2D eigenvalue weighted by Crippen LogP contribution is -2.43. The number of carbonyl (C=O) groups excluding carboxylic acids is 1. The molecule has 2 heterocycles. The Bertz CT molecular complexity index is 738. The molecule has 1 aromatic carbocycles. The molecule has 1 saturated heterocycles. The summed E-state index contributed by atoms with van der Waals surface area (Å²) >= 11 is 7.22. The zero-order chi connectivity index (χ0) is 18.0. The summed E-state index contributed by atoms with van der Waals surface area (Å²) in [5.41, 5.74) is 0.830. The van der Waals surface area contributed by atoms with Crippen LogP contribution in [0.5, 0.6) is 0 Å². The topological polar surface area (TPSA) is 77.0 Å². The van der Waals surface area contributed by atoms with E-state index in [9.17, 15) is 4.79 Å². The van der Waals surface area contributed by atoms with Crippen LogP contribution < -0.4 is 5.84 Å². The lowest BCUT2D eigenvalue weighted by atomic mass is 9.92. The molecule has 134 valence electrons. The average Bonchev–Trinajstić information content (AvgIpc) is 2.93. The number of nitrogen functional groups attached to an aromatic ring is 1. The van der Waals surface area contributed by atoms with Gasteiger partial charge in [-0.25, -0.2) is 4.68 Å². The lowest BCUT2D eigenvalue weighted by molar-refractivity contribution is -0.130. The minimum Gasteiger partial charge on any atom is -0.341 e. The van der Waals surface area contributed by atoms with Crippen molar-refractivity contribution in [3.8, 4) is 11.4 Å². The van der Waals surface area contributed by atoms with E-state index in [2.05, 4.69) is 24.0 Å². The Balaban J connectivity index is 1.64. The second kappa shape index (κ2) is 7.66. The van der Waals surface area contributed by atoms with Gasteiger partial charge < -0.3 is 10.7 Å². The number of halogens is 1. The molecule has 1 amide bonds. The summed E-state index contributed by atoms with van der Waals surface area (Å²) in [6, 6.07) is 7.23. The Kier molecular flexibility index (Phi) is 5.54. The third-order valence-electron chi connectivity index (χ3n) is 4.31. The number of hydrogen-bond acceptors (Lipinski definition) is 5. The molecule has 0 bridgehead atoms. The maximum atomic E-state index is 12.5. The summed E-state index contributed by atoms with van der Waals surface area (Å²) in [6.45, 7) is 6.04. The van der Waals surface area contributed by atoms with Crippen molar-refractivity contribution >= 4 is 29.3 Å². The molecule has 1 aliphatic rings. The molecule has 8 heteroatoms. The smallest absolute Gasteiger partial charge is 0.233 e. The summed E-state index contributed by atoms with van der Waals surface area (Å²) in [6.07, 6.45) is 1.18. The van der Waals surface area contributed by atoms with Crippen LogP contribution in [0.15, 0.2) is 29.4 Å². The summed E-state index contributed by atoms with van der Waals surface area (Å²) in [5.74, 6) is 8.18. The number of benzene rings is 1. The van der Waals surface area contributed by atoms with Crippen molar-refractivity contribution in [2.45, 2.75) is 25.4 Å². The number of carbonyl (C=O) groups is 1. The number of thioether (sulfide) groups is 1. The van der Waals surface area contributed by atoms with Crippen molar-refractivity contribution in [2.75, 3.05) is 24.7 Å². The molecule has 6 nitrogen and oxygen atoms in total. The molecule has 0 saturated carbocycles. The van der Waals surface area contributed by atoms with Gasteiger partial charge in [-0.1, -0.05) is 37.2 Å². The molecule has 2 atom stereocenters. The minimum atomic E-state index is 0.124. The zero-order valence-electron chi connectivity index (χ0n) is 14.4. The second-order valence-electron chi connectivity index (χ2n) is 6.72. The van der Waals surface area contributed by atoms with E-state index in [0.717, 1.165) is 18.7 Å². The number of hydrogen-bond donors (Lipinski definition) is 1. The third-order valence-corrected chi connectivity index (χ3v) is 5.49. The average molecular weight is 380 g/mol. The van der Waals surface area contributed by atoms with E-state index < -0.39 is 0 Å². The monoisotopic (exact) mass is 379 g/mol. The predicted octanol–water partition coefficient (Wildman–Crippen LogP) is 2.91. The highest BCUT2D eigenvalue weighted by Gasteiger charge is 2.25. The Hall–Kier alpha value is -1.73. The van der Waals surface area contributed by atoms with Crippen molar-refractivity contribution in [1.82, 2.24) is 19.8 Å². The maximum absolute atomic E-state index is 12.5. The van der Waals surface area contributed by atoms with Crippen molar-refractivity contribution in [3.63, 3.8) is 0 Å². The predicted molar refractivity (Wildman–Crippen MR) is 101 cm³/mol. The van der Waals surface area contributed by atoms with Crippen LogP contribution in [0.3, 0.4) is 0 Å². The fourth-order valence-electron chi connectivity index (χ4n) is 3.26. The number of rotatable bonds is 4. The maximum Gasteiger partial charge on any atom is 0.233 e. The molecule has 25 heavy (non-hydrogen) atoms. The highest BCUT2D eigenvalue weighted by molar-refractivity contribution is 7.99. The Labute approximate surface area is 156 Å². The molecule has 3 rings (SSSR count). The van der Waals surface area contributed by atoms with Gasteiger partial charge in [0, 0.05) is 23.7 Å². The largest absolute Gasteiger partial charge is 0.341 e. The van der Waals surface area contributed by atoms with E-state index >= 15 is 0 Å². The van der Waals surface area contributed by atoms with Gasteiger partial charge in [-0.05, 0) is 42.5 Å². The Morgan fingerprint density at radius 3 is 2.52 bits per heavy atom. The summed E-state index contributed by atoms with van der Waals surface area (Å²) in [5, 5.41) is 9.41. The van der Waals surface area contributed by atoms with Gasteiger partial charge in [0.2, 0.25) is 11.1 Å². The molecule has 0 radical (unpaired) electrons. The first kappa shape index (κ1) is 18.1. The number of piperidine rings is 1. The molecule has 0 spiro atoms. The van der Waals surface area contributed by atoms with Crippen LogP contribution >= 0.6 is 23.4 Å². The van der Waals surface area contributed by atoms with Gasteiger partial charge in [-0.3, -0.25) is 4.79 Å². The number of likely N-dealkylation sites (tertiary alicyclic amines) is 1. The van der Waals surface area contributed by atoms with Crippen molar-refractivity contribution in [3.05, 3.63) is 29.3 Å². The quantitative estimate of drug-likeness (QED) is 0.652. The number of nitrogens with zero attached hydrogens (tertiary/aromatic N) is 4. The van der Waals surface area contributed by atoms with Gasteiger partial charge in [0.15, 0.2) is 5.82 Å². The van der Waals surface area contributed by atoms with Crippen LogP contribution in [-0.2, 0) is 4.79 Å². The molecule has 0 unspecified atom stereocenters. The van der Waals surface area contributed by atoms with Gasteiger partial charge >= 0.3 is 0 Å². The first-order chi connectivity index (χ1) is 11.9. The van der Waals surface area contributed by atoms with E-state index in [1.165, 1.54) is 22.9 Å².